The molecule has 0 amide bonds. The maximum atomic E-state index is 12.0. The predicted octanol–water partition coefficient (Wildman–Crippen LogP) is 4.75. The zero-order valence-corrected chi connectivity index (χ0v) is 12.2. The Morgan fingerprint density at radius 2 is 1.70 bits per heavy atom. The first-order chi connectivity index (χ1) is 9.40. The number of hydrogen-bond acceptors (Lipinski definition) is 1. The van der Waals surface area contributed by atoms with Gasteiger partial charge in [0.1, 0.15) is 0 Å². The number of rotatable bonds is 8. The van der Waals surface area contributed by atoms with E-state index >= 15 is 0 Å². The fourth-order valence-electron chi connectivity index (χ4n) is 2.27. The maximum Gasteiger partial charge on any atom is 0.389 e. The highest BCUT2D eigenvalue weighted by atomic mass is 19.4. The van der Waals surface area contributed by atoms with E-state index in [0.717, 1.165) is 6.54 Å². The van der Waals surface area contributed by atoms with E-state index in [1.807, 2.05) is 18.2 Å². The molecule has 1 nitrogen and oxygen atoms in total. The first-order valence-corrected chi connectivity index (χ1v) is 7.22. The van der Waals surface area contributed by atoms with Gasteiger partial charge in [-0.3, -0.25) is 0 Å². The lowest BCUT2D eigenvalue weighted by Gasteiger charge is -2.22. The van der Waals surface area contributed by atoms with Crippen LogP contribution in [0.25, 0.3) is 0 Å². The van der Waals surface area contributed by atoms with E-state index < -0.39 is 12.6 Å². The Kier molecular flexibility index (Phi) is 7.06. The SMILES string of the molecule is CC(C)C(CNCCCCC(F)(F)F)c1ccccc1. The first-order valence-electron chi connectivity index (χ1n) is 7.22. The van der Waals surface area contributed by atoms with Gasteiger partial charge in [0, 0.05) is 13.0 Å². The van der Waals surface area contributed by atoms with Crippen LogP contribution in [0.2, 0.25) is 0 Å². The molecular weight excluding hydrogens is 263 g/mol. The second-order valence-corrected chi connectivity index (χ2v) is 5.54. The third-order valence-corrected chi connectivity index (χ3v) is 3.46. The van der Waals surface area contributed by atoms with Gasteiger partial charge in [-0.05, 0) is 36.8 Å². The van der Waals surface area contributed by atoms with Crippen LogP contribution < -0.4 is 5.32 Å². The Hall–Kier alpha value is -1.03. The van der Waals surface area contributed by atoms with Crippen molar-refractivity contribution in [1.82, 2.24) is 5.32 Å². The molecule has 0 aliphatic carbocycles. The van der Waals surface area contributed by atoms with E-state index in [9.17, 15) is 13.2 Å². The number of hydrogen-bond donors (Lipinski definition) is 1. The minimum atomic E-state index is -4.02. The van der Waals surface area contributed by atoms with Crippen LogP contribution in [-0.4, -0.2) is 19.3 Å². The van der Waals surface area contributed by atoms with Gasteiger partial charge in [-0.1, -0.05) is 44.2 Å². The molecule has 20 heavy (non-hydrogen) atoms. The third-order valence-electron chi connectivity index (χ3n) is 3.46. The largest absolute Gasteiger partial charge is 0.389 e. The molecule has 0 radical (unpaired) electrons. The molecule has 4 heteroatoms. The molecule has 0 heterocycles. The van der Waals surface area contributed by atoms with Crippen molar-refractivity contribution in [2.45, 2.75) is 45.2 Å². The number of nitrogens with one attached hydrogen (secondary N) is 1. The zero-order valence-electron chi connectivity index (χ0n) is 12.2. The van der Waals surface area contributed by atoms with Crippen LogP contribution in [0.1, 0.15) is 44.6 Å². The fourth-order valence-corrected chi connectivity index (χ4v) is 2.27. The van der Waals surface area contributed by atoms with Gasteiger partial charge in [0.05, 0.1) is 0 Å². The quantitative estimate of drug-likeness (QED) is 0.680. The van der Waals surface area contributed by atoms with Gasteiger partial charge in [-0.15, -0.1) is 0 Å². The van der Waals surface area contributed by atoms with Gasteiger partial charge < -0.3 is 5.32 Å². The summed E-state index contributed by atoms with van der Waals surface area (Å²) in [4.78, 5) is 0. The molecule has 0 bridgehead atoms. The highest BCUT2D eigenvalue weighted by Crippen LogP contribution is 2.24. The van der Waals surface area contributed by atoms with Crippen molar-refractivity contribution in [3.05, 3.63) is 35.9 Å². The minimum Gasteiger partial charge on any atom is -0.316 e. The molecule has 0 fully saturated rings. The lowest BCUT2D eigenvalue weighted by molar-refractivity contribution is -0.135. The Balaban J connectivity index is 2.28. The summed E-state index contributed by atoms with van der Waals surface area (Å²) in [6.45, 7) is 5.80. The summed E-state index contributed by atoms with van der Waals surface area (Å²) in [6, 6.07) is 10.2. The summed E-state index contributed by atoms with van der Waals surface area (Å²) in [7, 11) is 0. The Morgan fingerprint density at radius 3 is 2.25 bits per heavy atom. The average Bonchev–Trinajstić information content (AvgIpc) is 2.37. The number of benzene rings is 1. The third kappa shape index (κ3) is 6.94. The van der Waals surface area contributed by atoms with Crippen molar-refractivity contribution in [1.29, 1.82) is 0 Å². The van der Waals surface area contributed by atoms with Crippen molar-refractivity contribution < 1.29 is 13.2 Å². The van der Waals surface area contributed by atoms with Crippen LogP contribution in [0.4, 0.5) is 13.2 Å². The topological polar surface area (TPSA) is 12.0 Å². The summed E-state index contributed by atoms with van der Waals surface area (Å²) in [5.41, 5.74) is 1.28. The standard InChI is InChI=1S/C16H24F3N/c1-13(2)15(14-8-4-3-5-9-14)12-20-11-7-6-10-16(17,18)19/h3-5,8-9,13,15,20H,6-7,10-12H2,1-2H3. The van der Waals surface area contributed by atoms with Crippen molar-refractivity contribution in [3.63, 3.8) is 0 Å². The average molecular weight is 287 g/mol. The fraction of sp³-hybridized carbons (Fsp3) is 0.625. The monoisotopic (exact) mass is 287 g/mol. The molecule has 1 atom stereocenters. The van der Waals surface area contributed by atoms with Crippen LogP contribution in [0.3, 0.4) is 0 Å². The number of alkyl halides is 3. The van der Waals surface area contributed by atoms with Crippen molar-refractivity contribution in [3.8, 4) is 0 Å². The second-order valence-electron chi connectivity index (χ2n) is 5.54. The minimum absolute atomic E-state index is 0.203. The summed E-state index contributed by atoms with van der Waals surface area (Å²) < 4.78 is 36.0. The normalized spacial score (nSPS) is 13.7. The molecule has 1 aromatic rings. The highest BCUT2D eigenvalue weighted by molar-refractivity contribution is 5.20. The van der Waals surface area contributed by atoms with Crippen LogP contribution in [0.5, 0.6) is 0 Å². The van der Waals surface area contributed by atoms with E-state index in [1.165, 1.54) is 5.56 Å². The highest BCUT2D eigenvalue weighted by Gasteiger charge is 2.25. The molecule has 0 aliphatic rings. The van der Waals surface area contributed by atoms with E-state index in [4.69, 9.17) is 0 Å². The van der Waals surface area contributed by atoms with E-state index in [1.54, 1.807) is 0 Å². The van der Waals surface area contributed by atoms with Gasteiger partial charge in [-0.2, -0.15) is 13.2 Å². The van der Waals surface area contributed by atoms with Crippen LogP contribution in [-0.2, 0) is 0 Å². The molecule has 0 spiro atoms. The number of halogens is 3. The molecule has 0 saturated heterocycles. The summed E-state index contributed by atoms with van der Waals surface area (Å²) in [5, 5.41) is 3.28. The van der Waals surface area contributed by atoms with Crippen LogP contribution in [0, 0.1) is 5.92 Å². The van der Waals surface area contributed by atoms with Gasteiger partial charge in [0.25, 0.3) is 0 Å². The summed E-state index contributed by atoms with van der Waals surface area (Å²) in [5.74, 6) is 0.902. The number of unbranched alkanes of at least 4 members (excludes halogenated alkanes) is 1. The molecule has 1 N–H and O–H groups in total. The lowest BCUT2D eigenvalue weighted by Crippen LogP contribution is -2.25. The van der Waals surface area contributed by atoms with E-state index in [-0.39, 0.29) is 6.42 Å². The Labute approximate surface area is 119 Å². The lowest BCUT2D eigenvalue weighted by atomic mass is 9.88. The van der Waals surface area contributed by atoms with Gasteiger partial charge in [0.2, 0.25) is 0 Å². The Morgan fingerprint density at radius 1 is 1.05 bits per heavy atom. The van der Waals surface area contributed by atoms with Crippen molar-refractivity contribution in [2.24, 2.45) is 5.92 Å². The van der Waals surface area contributed by atoms with Crippen LogP contribution >= 0.6 is 0 Å². The van der Waals surface area contributed by atoms with Crippen LogP contribution in [0.15, 0.2) is 30.3 Å². The second kappa shape index (κ2) is 8.30. The van der Waals surface area contributed by atoms with E-state index in [2.05, 4.69) is 31.3 Å². The van der Waals surface area contributed by atoms with Gasteiger partial charge in [-0.25, -0.2) is 0 Å². The molecule has 1 aromatic carbocycles. The van der Waals surface area contributed by atoms with E-state index in [0.29, 0.717) is 24.8 Å². The molecule has 0 saturated carbocycles. The predicted molar refractivity (Wildman–Crippen MR) is 76.8 cm³/mol. The van der Waals surface area contributed by atoms with Gasteiger partial charge >= 0.3 is 6.18 Å². The molecular formula is C16H24F3N. The van der Waals surface area contributed by atoms with Crippen molar-refractivity contribution >= 4 is 0 Å². The zero-order chi connectivity index (χ0) is 15.0. The molecule has 1 rings (SSSR count). The Bertz CT molecular complexity index is 360. The first kappa shape index (κ1) is 17.0. The molecule has 114 valence electrons. The molecule has 0 aliphatic heterocycles. The summed E-state index contributed by atoms with van der Waals surface area (Å²) >= 11 is 0. The molecule has 1 unspecified atom stereocenters. The van der Waals surface area contributed by atoms with Crippen molar-refractivity contribution in [2.75, 3.05) is 13.1 Å². The maximum absolute atomic E-state index is 12.0. The summed E-state index contributed by atoms with van der Waals surface area (Å²) in [6.07, 6.45) is -3.93. The van der Waals surface area contributed by atoms with Gasteiger partial charge in [0.15, 0.2) is 0 Å². The smallest absolute Gasteiger partial charge is 0.316 e. The molecule has 0 aromatic heterocycles.